The molecule has 0 fully saturated rings. The van der Waals surface area contributed by atoms with Gasteiger partial charge < -0.3 is 20.9 Å². The van der Waals surface area contributed by atoms with Crippen LogP contribution in [0.3, 0.4) is 0 Å². The lowest BCUT2D eigenvalue weighted by atomic mass is 9.99. The van der Waals surface area contributed by atoms with Crippen molar-refractivity contribution in [3.05, 3.63) is 48.2 Å². The molecule has 1 aromatic heterocycles. The molecule has 0 aliphatic heterocycles. The molecule has 0 saturated carbocycles. The largest absolute Gasteiger partial charge is 0.483 e. The maximum atomic E-state index is 13.1. The Morgan fingerprint density at radius 1 is 1.13 bits per heavy atom. The monoisotopic (exact) mass is 433 g/mol. The van der Waals surface area contributed by atoms with E-state index in [2.05, 4.69) is 15.5 Å². The minimum Gasteiger partial charge on any atom is -0.407 e. The van der Waals surface area contributed by atoms with E-state index in [-0.39, 0.29) is 5.56 Å². The molecule has 0 radical (unpaired) electrons. The number of nitrogens with zero attached hydrogens (tertiary/aromatic N) is 1. The summed E-state index contributed by atoms with van der Waals surface area (Å²) in [7, 11) is 0. The van der Waals surface area contributed by atoms with E-state index < -0.39 is 49.0 Å². The predicted octanol–water partition coefficient (Wildman–Crippen LogP) is 1.96. The van der Waals surface area contributed by atoms with Crippen LogP contribution >= 0.6 is 0 Å². The van der Waals surface area contributed by atoms with Crippen LogP contribution < -0.4 is 15.8 Å². The number of amides is 2. The van der Waals surface area contributed by atoms with Gasteiger partial charge in [-0.2, -0.15) is 17.6 Å². The molecule has 0 bridgehead atoms. The number of carbonyl (C=O) groups excluding carboxylic acids is 2. The number of pyridine rings is 1. The Hall–Kier alpha value is -3.28. The zero-order valence-corrected chi connectivity index (χ0v) is 15.1. The third kappa shape index (κ3) is 5.63. The van der Waals surface area contributed by atoms with Crippen LogP contribution in [-0.4, -0.2) is 47.2 Å². The quantitative estimate of drug-likeness (QED) is 0.523. The second-order valence-corrected chi connectivity index (χ2v) is 6.01. The van der Waals surface area contributed by atoms with E-state index in [9.17, 15) is 36.6 Å². The smallest absolute Gasteiger partial charge is 0.407 e. The Morgan fingerprint density at radius 2 is 1.73 bits per heavy atom. The third-order valence-corrected chi connectivity index (χ3v) is 3.91. The van der Waals surface area contributed by atoms with Crippen LogP contribution in [0.4, 0.5) is 22.0 Å². The number of aromatic nitrogens is 1. The van der Waals surface area contributed by atoms with E-state index in [4.69, 9.17) is 0 Å². The number of aliphatic hydroxyl groups is 1. The zero-order chi connectivity index (χ0) is 22.5. The molecule has 0 aliphatic rings. The molecule has 0 spiro atoms. The van der Waals surface area contributed by atoms with Crippen molar-refractivity contribution in [1.29, 1.82) is 0 Å². The van der Waals surface area contributed by atoms with Crippen molar-refractivity contribution < 1.29 is 41.4 Å². The number of aliphatic hydroxyl groups excluding tert-OH is 1. The number of ether oxygens (including phenoxy) is 1. The van der Waals surface area contributed by atoms with E-state index >= 15 is 0 Å². The molecule has 4 N–H and O–H groups in total. The van der Waals surface area contributed by atoms with Crippen LogP contribution in [0, 0.1) is 0 Å². The van der Waals surface area contributed by atoms with E-state index in [0.717, 1.165) is 6.07 Å². The second kappa shape index (κ2) is 9.48. The van der Waals surface area contributed by atoms with Gasteiger partial charge in [-0.05, 0) is 17.2 Å². The molecule has 2 atom stereocenters. The average molecular weight is 433 g/mol. The number of benzene rings is 1. The first-order valence-electron chi connectivity index (χ1n) is 8.31. The van der Waals surface area contributed by atoms with Crippen LogP contribution in [-0.2, 0) is 9.59 Å². The van der Waals surface area contributed by atoms with E-state index in [0.29, 0.717) is 11.1 Å². The topological polar surface area (TPSA) is 115 Å². The van der Waals surface area contributed by atoms with Crippen molar-refractivity contribution in [1.82, 2.24) is 10.3 Å². The summed E-state index contributed by atoms with van der Waals surface area (Å²) in [4.78, 5) is 25.2. The van der Waals surface area contributed by atoms with Crippen molar-refractivity contribution in [2.45, 2.75) is 24.7 Å². The predicted molar refractivity (Wildman–Crippen MR) is 93.3 cm³/mol. The first-order chi connectivity index (χ1) is 14.0. The Labute approximate surface area is 166 Å². The molecule has 162 valence electrons. The molecule has 0 saturated heterocycles. The first-order valence-corrected chi connectivity index (χ1v) is 8.31. The summed E-state index contributed by atoms with van der Waals surface area (Å²) in [6, 6.07) is 6.54. The van der Waals surface area contributed by atoms with Crippen molar-refractivity contribution in [3.8, 4) is 17.0 Å². The van der Waals surface area contributed by atoms with Crippen molar-refractivity contribution in [2.75, 3.05) is 6.67 Å². The fourth-order valence-electron chi connectivity index (χ4n) is 2.35. The number of rotatable bonds is 9. The molecule has 0 unspecified atom stereocenters. The van der Waals surface area contributed by atoms with Gasteiger partial charge in [0.05, 0.1) is 6.04 Å². The van der Waals surface area contributed by atoms with Gasteiger partial charge in [-0.1, -0.05) is 24.3 Å². The van der Waals surface area contributed by atoms with E-state index in [1.165, 1.54) is 36.5 Å². The Bertz CT molecular complexity index is 878. The number of hydrogen-bond donors (Lipinski definition) is 3. The summed E-state index contributed by atoms with van der Waals surface area (Å²) in [5.41, 5.74) is 5.61. The lowest BCUT2D eigenvalue weighted by Crippen LogP contribution is -2.43. The summed E-state index contributed by atoms with van der Waals surface area (Å²) in [6.45, 7) is -1.28. The molecule has 12 heteroatoms. The number of primary amides is 1. The molecule has 2 amide bonds. The van der Waals surface area contributed by atoms with Crippen LogP contribution in [0.25, 0.3) is 11.1 Å². The summed E-state index contributed by atoms with van der Waals surface area (Å²) in [6.07, 6.45) is -7.99. The van der Waals surface area contributed by atoms with Crippen molar-refractivity contribution >= 4 is 11.8 Å². The van der Waals surface area contributed by atoms with Gasteiger partial charge in [-0.15, -0.1) is 0 Å². The fourth-order valence-corrected chi connectivity index (χ4v) is 2.35. The highest BCUT2D eigenvalue weighted by Gasteiger charge is 2.40. The molecule has 1 heterocycles. The molecule has 0 aliphatic carbocycles. The number of alkyl halides is 5. The number of halogens is 5. The van der Waals surface area contributed by atoms with E-state index in [1.807, 2.05) is 0 Å². The molecular formula is C18H16F5N3O4. The van der Waals surface area contributed by atoms with Gasteiger partial charge >= 0.3 is 18.4 Å². The minimum atomic E-state index is -4.22. The van der Waals surface area contributed by atoms with Crippen molar-refractivity contribution in [2.24, 2.45) is 5.73 Å². The molecule has 30 heavy (non-hydrogen) atoms. The summed E-state index contributed by atoms with van der Waals surface area (Å²) < 4.78 is 68.0. The summed E-state index contributed by atoms with van der Waals surface area (Å²) in [5.74, 6) is -4.22. The molecule has 1 aromatic carbocycles. The molecule has 2 aromatic rings. The number of hydrogen-bond acceptors (Lipinski definition) is 5. The SMILES string of the molecule is NC(=O)C(F)(F)Oc1ccc(-c2ccc([C@@H](O)[C@@H](CF)NC(=O)C(F)F)cc2)cn1. The van der Waals surface area contributed by atoms with Crippen LogP contribution in [0.1, 0.15) is 11.7 Å². The Balaban J connectivity index is 2.11. The Morgan fingerprint density at radius 3 is 2.20 bits per heavy atom. The summed E-state index contributed by atoms with van der Waals surface area (Å²) >= 11 is 0. The highest BCUT2D eigenvalue weighted by Crippen LogP contribution is 2.26. The minimum absolute atomic E-state index is 0.143. The molecular weight excluding hydrogens is 417 g/mol. The maximum absolute atomic E-state index is 13.1. The van der Waals surface area contributed by atoms with E-state index in [1.54, 1.807) is 5.32 Å². The van der Waals surface area contributed by atoms with Crippen molar-refractivity contribution in [3.63, 3.8) is 0 Å². The Kier molecular flexibility index (Phi) is 7.27. The van der Waals surface area contributed by atoms with Gasteiger partial charge in [0, 0.05) is 17.8 Å². The van der Waals surface area contributed by atoms with Gasteiger partial charge in [0.25, 0.3) is 5.91 Å². The summed E-state index contributed by atoms with van der Waals surface area (Å²) in [5, 5.41) is 11.8. The fraction of sp³-hybridized carbons (Fsp3) is 0.278. The number of nitrogens with one attached hydrogen (secondary N) is 1. The highest BCUT2D eigenvalue weighted by atomic mass is 19.3. The average Bonchev–Trinajstić information content (AvgIpc) is 2.71. The molecule has 7 nitrogen and oxygen atoms in total. The zero-order valence-electron chi connectivity index (χ0n) is 15.1. The van der Waals surface area contributed by atoms with Crippen LogP contribution in [0.2, 0.25) is 0 Å². The third-order valence-electron chi connectivity index (χ3n) is 3.91. The van der Waals surface area contributed by atoms with Crippen LogP contribution in [0.5, 0.6) is 5.88 Å². The first kappa shape index (κ1) is 23.0. The van der Waals surface area contributed by atoms with Gasteiger partial charge in [0.2, 0.25) is 5.88 Å². The second-order valence-electron chi connectivity index (χ2n) is 6.01. The lowest BCUT2D eigenvalue weighted by molar-refractivity contribution is -0.190. The van der Waals surface area contributed by atoms with Gasteiger partial charge in [-0.25, -0.2) is 9.37 Å². The van der Waals surface area contributed by atoms with Gasteiger partial charge in [0.1, 0.15) is 12.8 Å². The maximum Gasteiger partial charge on any atom is 0.483 e. The number of carbonyl (C=O) groups is 2. The van der Waals surface area contributed by atoms with Crippen LogP contribution in [0.15, 0.2) is 42.6 Å². The number of nitrogens with two attached hydrogens (primary N) is 1. The van der Waals surface area contributed by atoms with Gasteiger partial charge in [0.15, 0.2) is 0 Å². The standard InChI is InChI=1S/C18H16F5N3O4/c19-7-12(26-16(28)15(20)21)14(27)10-3-1-9(2-4-10)11-5-6-13(25-8-11)30-18(22,23)17(24)29/h1-6,8,12,14-15,27H,7H2,(H2,24,29)(H,26,28)/t12-,14-/m1/s1. The normalized spacial score (nSPS) is 13.6. The van der Waals surface area contributed by atoms with Gasteiger partial charge in [-0.3, -0.25) is 9.59 Å². The molecule has 2 rings (SSSR count). The lowest BCUT2D eigenvalue weighted by Gasteiger charge is -2.22. The highest BCUT2D eigenvalue weighted by molar-refractivity contribution is 5.80.